The van der Waals surface area contributed by atoms with Crippen molar-refractivity contribution in [3.05, 3.63) is 47.3 Å². The largest absolute Gasteiger partial charge is 0.416 e. The number of methoxy groups -OCH3 is 1. The average Bonchev–Trinajstić information content (AvgIpc) is 2.89. The van der Waals surface area contributed by atoms with E-state index in [9.17, 15) is 13.2 Å². The van der Waals surface area contributed by atoms with Gasteiger partial charge in [0.1, 0.15) is 6.73 Å². The van der Waals surface area contributed by atoms with Gasteiger partial charge in [0.25, 0.3) is 0 Å². The first-order valence-electron chi connectivity index (χ1n) is 7.17. The molecule has 0 saturated heterocycles. The Kier molecular flexibility index (Phi) is 10.1. The topological polar surface area (TPSA) is 50.9 Å². The molecule has 0 amide bonds. The number of alkyl halides is 3. The van der Waals surface area contributed by atoms with Gasteiger partial charge in [-0.2, -0.15) is 18.3 Å². The number of rotatable bonds is 3. The van der Waals surface area contributed by atoms with Gasteiger partial charge in [0.15, 0.2) is 0 Å². The van der Waals surface area contributed by atoms with Crippen molar-refractivity contribution in [3.63, 3.8) is 0 Å². The third-order valence-corrected chi connectivity index (χ3v) is 2.89. The predicted octanol–water partition coefficient (Wildman–Crippen LogP) is 4.81. The Hall–Kier alpha value is -1.80. The normalized spacial score (nSPS) is 10.2. The molecular formula is C16H22F3N3OS. The molecule has 134 valence electrons. The van der Waals surface area contributed by atoms with Gasteiger partial charge in [-0.25, -0.2) is 4.68 Å². The molecule has 0 saturated carbocycles. The number of aromatic nitrogens is 2. The molecular weight excluding hydrogens is 339 g/mol. The Labute approximate surface area is 145 Å². The van der Waals surface area contributed by atoms with Crippen LogP contribution in [0.5, 0.6) is 0 Å². The van der Waals surface area contributed by atoms with Crippen molar-refractivity contribution in [1.82, 2.24) is 9.78 Å². The molecule has 0 fully saturated rings. The van der Waals surface area contributed by atoms with Crippen LogP contribution in [0.25, 0.3) is 0 Å². The van der Waals surface area contributed by atoms with Gasteiger partial charge in [-0.3, -0.25) is 0 Å². The van der Waals surface area contributed by atoms with E-state index in [-0.39, 0.29) is 0 Å². The number of thiol groups is 1. The molecule has 1 N–H and O–H groups in total. The average molecular weight is 361 g/mol. The molecule has 0 aliphatic rings. The third-order valence-electron chi connectivity index (χ3n) is 2.60. The number of nitrogens with zero attached hydrogens (tertiary/aromatic N) is 2. The van der Waals surface area contributed by atoms with Gasteiger partial charge in [0, 0.05) is 30.0 Å². The summed E-state index contributed by atoms with van der Waals surface area (Å²) < 4.78 is 42.2. The Morgan fingerprint density at radius 3 is 2.17 bits per heavy atom. The molecule has 0 radical (unpaired) electrons. The van der Waals surface area contributed by atoms with E-state index in [4.69, 9.17) is 10.1 Å². The number of hydrogen-bond donors (Lipinski definition) is 2. The molecule has 4 nitrogen and oxygen atoms in total. The standard InChI is InChI=1S/C7H5F3S.C7H11N3O.C2H6/c8-7(9,10)5-1-3-6(11)4-2-5;1-6-7(3-8)4-10(9-6)5-11-2;1-2/h1-4,11H;3-4,8H,5H2,1-2H3;1-2H3. The summed E-state index contributed by atoms with van der Waals surface area (Å²) in [7, 11) is 1.61. The smallest absolute Gasteiger partial charge is 0.362 e. The lowest BCUT2D eigenvalue weighted by molar-refractivity contribution is -0.137. The first-order valence-corrected chi connectivity index (χ1v) is 7.62. The van der Waals surface area contributed by atoms with Crippen LogP contribution in [0.1, 0.15) is 30.7 Å². The van der Waals surface area contributed by atoms with E-state index in [0.717, 1.165) is 23.4 Å². The van der Waals surface area contributed by atoms with Crippen LogP contribution in [0.2, 0.25) is 0 Å². The minimum absolute atomic E-state index is 0.439. The second kappa shape index (κ2) is 10.9. The van der Waals surface area contributed by atoms with Crippen molar-refractivity contribution in [3.8, 4) is 0 Å². The molecule has 2 aromatic rings. The second-order valence-electron chi connectivity index (χ2n) is 4.32. The number of nitrogens with one attached hydrogen (secondary N) is 1. The second-order valence-corrected chi connectivity index (χ2v) is 4.83. The summed E-state index contributed by atoms with van der Waals surface area (Å²) in [5.74, 6) is 0. The Morgan fingerprint density at radius 1 is 1.25 bits per heavy atom. The molecule has 2 rings (SSSR count). The van der Waals surface area contributed by atoms with Gasteiger partial charge >= 0.3 is 6.18 Å². The third kappa shape index (κ3) is 7.65. The quantitative estimate of drug-likeness (QED) is 0.609. The van der Waals surface area contributed by atoms with Crippen molar-refractivity contribution in [2.24, 2.45) is 0 Å². The van der Waals surface area contributed by atoms with E-state index in [1.807, 2.05) is 20.8 Å². The van der Waals surface area contributed by atoms with Crippen LogP contribution in [0.15, 0.2) is 35.4 Å². The van der Waals surface area contributed by atoms with Crippen molar-refractivity contribution >= 4 is 18.8 Å². The number of aryl methyl sites for hydroxylation is 1. The number of benzene rings is 1. The molecule has 0 bridgehead atoms. The molecule has 0 atom stereocenters. The van der Waals surface area contributed by atoms with E-state index in [2.05, 4.69) is 17.7 Å². The molecule has 1 heterocycles. The van der Waals surface area contributed by atoms with Gasteiger partial charge in [-0.1, -0.05) is 13.8 Å². The van der Waals surface area contributed by atoms with E-state index in [1.165, 1.54) is 18.3 Å². The first-order chi connectivity index (χ1) is 11.3. The van der Waals surface area contributed by atoms with Crippen LogP contribution in [0.3, 0.4) is 0 Å². The molecule has 0 spiro atoms. The number of ether oxygens (including phenoxy) is 1. The number of halogens is 3. The number of hydrogen-bond acceptors (Lipinski definition) is 4. The maximum absolute atomic E-state index is 11.9. The van der Waals surface area contributed by atoms with E-state index in [1.54, 1.807) is 18.0 Å². The maximum Gasteiger partial charge on any atom is 0.416 e. The summed E-state index contributed by atoms with van der Waals surface area (Å²) in [4.78, 5) is 0.526. The Balaban J connectivity index is 0.000000400. The molecule has 8 heteroatoms. The van der Waals surface area contributed by atoms with Crippen LogP contribution in [0, 0.1) is 12.3 Å². The van der Waals surface area contributed by atoms with Crippen molar-refractivity contribution in [2.45, 2.75) is 38.6 Å². The van der Waals surface area contributed by atoms with Crippen molar-refractivity contribution in [1.29, 1.82) is 5.41 Å². The fourth-order valence-corrected chi connectivity index (χ4v) is 1.67. The minimum Gasteiger partial charge on any atom is -0.362 e. The van der Waals surface area contributed by atoms with Gasteiger partial charge in [0.05, 0.1) is 11.3 Å². The summed E-state index contributed by atoms with van der Waals surface area (Å²) in [6.07, 6.45) is -1.18. The molecule has 1 aromatic heterocycles. The monoisotopic (exact) mass is 361 g/mol. The highest BCUT2D eigenvalue weighted by Crippen LogP contribution is 2.29. The maximum atomic E-state index is 11.9. The van der Waals surface area contributed by atoms with Crippen LogP contribution in [0.4, 0.5) is 13.2 Å². The summed E-state index contributed by atoms with van der Waals surface area (Å²) in [5.41, 5.74) is 1.05. The van der Waals surface area contributed by atoms with Gasteiger partial charge in [-0.15, -0.1) is 12.6 Å². The lowest BCUT2D eigenvalue weighted by Crippen LogP contribution is -2.03. The fourth-order valence-electron chi connectivity index (χ4n) is 1.52. The summed E-state index contributed by atoms with van der Waals surface area (Å²) >= 11 is 3.86. The Bertz CT molecular complexity index is 610. The summed E-state index contributed by atoms with van der Waals surface area (Å²) in [6.45, 7) is 6.31. The predicted molar refractivity (Wildman–Crippen MR) is 91.9 cm³/mol. The minimum atomic E-state index is -4.25. The lowest BCUT2D eigenvalue weighted by Gasteiger charge is -2.05. The molecule has 0 unspecified atom stereocenters. The van der Waals surface area contributed by atoms with Crippen LogP contribution < -0.4 is 0 Å². The zero-order valence-corrected chi connectivity index (χ0v) is 14.9. The highest BCUT2D eigenvalue weighted by atomic mass is 32.1. The van der Waals surface area contributed by atoms with Crippen molar-refractivity contribution in [2.75, 3.05) is 7.11 Å². The SMILES string of the molecule is CC.COCn1cc(C=N)c(C)n1.FC(F)(F)c1ccc(S)cc1. The summed E-state index contributed by atoms with van der Waals surface area (Å²) in [6, 6.07) is 4.63. The molecule has 0 aliphatic heterocycles. The zero-order valence-electron chi connectivity index (χ0n) is 14.1. The van der Waals surface area contributed by atoms with Gasteiger partial charge in [0.2, 0.25) is 0 Å². The fraction of sp³-hybridized carbons (Fsp3) is 0.375. The van der Waals surface area contributed by atoms with Crippen LogP contribution >= 0.6 is 12.6 Å². The van der Waals surface area contributed by atoms with Gasteiger partial charge in [-0.05, 0) is 31.2 Å². The van der Waals surface area contributed by atoms with Crippen LogP contribution in [-0.4, -0.2) is 23.1 Å². The van der Waals surface area contributed by atoms with Crippen LogP contribution in [-0.2, 0) is 17.6 Å². The molecule has 0 aliphatic carbocycles. The van der Waals surface area contributed by atoms with Crippen molar-refractivity contribution < 1.29 is 17.9 Å². The highest BCUT2D eigenvalue weighted by molar-refractivity contribution is 7.80. The van der Waals surface area contributed by atoms with Gasteiger partial charge < -0.3 is 10.1 Å². The lowest BCUT2D eigenvalue weighted by atomic mass is 10.2. The Morgan fingerprint density at radius 2 is 1.79 bits per heavy atom. The summed E-state index contributed by atoms with van der Waals surface area (Å²) in [5, 5.41) is 11.1. The molecule has 24 heavy (non-hydrogen) atoms. The molecule has 1 aromatic carbocycles. The van der Waals surface area contributed by atoms with E-state index >= 15 is 0 Å². The first kappa shape index (κ1) is 22.2. The van der Waals surface area contributed by atoms with E-state index < -0.39 is 11.7 Å². The zero-order chi connectivity index (χ0) is 18.8. The highest BCUT2D eigenvalue weighted by Gasteiger charge is 2.29. The van der Waals surface area contributed by atoms with E-state index in [0.29, 0.717) is 11.6 Å².